The molecule has 1 saturated heterocycles. The first kappa shape index (κ1) is 31.6. The van der Waals surface area contributed by atoms with Crippen LogP contribution in [0, 0.1) is 0 Å². The van der Waals surface area contributed by atoms with E-state index in [-0.39, 0.29) is 30.0 Å². The van der Waals surface area contributed by atoms with Crippen LogP contribution >= 0.6 is 23.2 Å². The van der Waals surface area contributed by atoms with Crippen molar-refractivity contribution in [3.63, 3.8) is 0 Å². The smallest absolute Gasteiger partial charge is 0.329 e. The Bertz CT molecular complexity index is 1470. The Labute approximate surface area is 251 Å². The van der Waals surface area contributed by atoms with Crippen LogP contribution < -0.4 is 15.9 Å². The third-order valence-corrected chi connectivity index (χ3v) is 7.50. The van der Waals surface area contributed by atoms with Crippen molar-refractivity contribution in [2.45, 2.75) is 104 Å². The van der Waals surface area contributed by atoms with Gasteiger partial charge in [-0.05, 0) is 80.4 Å². The maximum atomic E-state index is 13.5. The lowest BCUT2D eigenvalue weighted by atomic mass is 9.99. The number of ether oxygens (including phenoxy) is 1. The van der Waals surface area contributed by atoms with Crippen molar-refractivity contribution >= 4 is 51.7 Å². The Kier molecular flexibility index (Phi) is 8.50. The third-order valence-electron chi connectivity index (χ3n) is 6.93. The second kappa shape index (κ2) is 11.0. The first-order valence-electron chi connectivity index (χ1n) is 13.9. The van der Waals surface area contributed by atoms with Gasteiger partial charge in [0.25, 0.3) is 0 Å². The van der Waals surface area contributed by atoms with E-state index in [2.05, 4.69) is 15.2 Å². The highest BCUT2D eigenvalue weighted by atomic mass is 35.5. The fraction of sp³-hybridized carbons (Fsp3) is 0.621. The van der Waals surface area contributed by atoms with Gasteiger partial charge in [0.1, 0.15) is 5.02 Å². The number of benzene rings is 1. The molecule has 0 unspecified atom stereocenters. The molecule has 3 heterocycles. The highest BCUT2D eigenvalue weighted by molar-refractivity contribution is 6.35. The summed E-state index contributed by atoms with van der Waals surface area (Å²) < 4.78 is 9.40. The molecule has 226 valence electrons. The minimum Gasteiger partial charge on any atom is -0.390 e. The maximum absolute atomic E-state index is 13.5. The second-order valence-corrected chi connectivity index (χ2v) is 14.3. The lowest BCUT2D eigenvalue weighted by molar-refractivity contribution is -0.133. The number of fused-ring (bicyclic) bond motifs is 1. The number of imidazole rings is 1. The van der Waals surface area contributed by atoms with E-state index in [0.29, 0.717) is 64.5 Å². The standard InChI is InChI=1S/C29H42Cl2N6O4/c1-26(2,39)9-11-36-21-14-18(13-19(30)22(21)37(25(36)38)12-10-27(3,4)40)33-23-20(31)15-32-24(34-23)35-16-28(5,6)41-29(7,8)17-35/h13-15,39-40H,9-12,16-17H2,1-8H3,(H,32,33,34). The molecular weight excluding hydrogens is 567 g/mol. The minimum atomic E-state index is -0.964. The summed E-state index contributed by atoms with van der Waals surface area (Å²) in [6.07, 6.45) is 2.29. The van der Waals surface area contributed by atoms with E-state index in [1.807, 2.05) is 33.8 Å². The molecule has 0 atom stereocenters. The van der Waals surface area contributed by atoms with Crippen LogP contribution in [0.3, 0.4) is 0 Å². The molecule has 0 spiro atoms. The van der Waals surface area contributed by atoms with Gasteiger partial charge in [0, 0.05) is 31.9 Å². The summed E-state index contributed by atoms with van der Waals surface area (Å²) in [5, 5.41) is 24.6. The Morgan fingerprint density at radius 2 is 1.51 bits per heavy atom. The van der Waals surface area contributed by atoms with Crippen LogP contribution in [-0.4, -0.2) is 64.8 Å². The molecule has 0 bridgehead atoms. The molecule has 0 saturated carbocycles. The molecule has 0 amide bonds. The summed E-state index contributed by atoms with van der Waals surface area (Å²) in [5.41, 5.74) is -1.19. The number of hydrogen-bond donors (Lipinski definition) is 3. The lowest BCUT2D eigenvalue weighted by Crippen LogP contribution is -2.57. The highest BCUT2D eigenvalue weighted by Crippen LogP contribution is 2.34. The summed E-state index contributed by atoms with van der Waals surface area (Å²) in [5.74, 6) is 0.925. The van der Waals surface area contributed by atoms with Crippen molar-refractivity contribution in [2.24, 2.45) is 0 Å². The average molecular weight is 610 g/mol. The van der Waals surface area contributed by atoms with Gasteiger partial charge in [0.15, 0.2) is 5.82 Å². The number of aryl methyl sites for hydroxylation is 2. The van der Waals surface area contributed by atoms with E-state index in [1.54, 1.807) is 49.1 Å². The van der Waals surface area contributed by atoms with Crippen molar-refractivity contribution in [1.29, 1.82) is 0 Å². The third kappa shape index (κ3) is 7.73. The SMILES string of the molecule is CC(C)(O)CCn1c(=O)n(CCC(C)(C)O)c2c(Cl)cc(Nc3nc(N4CC(C)(C)OC(C)(C)C4)ncc3Cl)cc21. The van der Waals surface area contributed by atoms with Crippen LogP contribution in [0.15, 0.2) is 23.1 Å². The number of nitrogens with one attached hydrogen (secondary N) is 1. The molecule has 10 nitrogen and oxygen atoms in total. The van der Waals surface area contributed by atoms with Gasteiger partial charge in [-0.1, -0.05) is 23.2 Å². The molecule has 1 fully saturated rings. The number of nitrogens with zero attached hydrogens (tertiary/aromatic N) is 5. The van der Waals surface area contributed by atoms with Crippen molar-refractivity contribution in [1.82, 2.24) is 19.1 Å². The van der Waals surface area contributed by atoms with Crippen LogP contribution in [0.4, 0.5) is 17.5 Å². The van der Waals surface area contributed by atoms with E-state index in [1.165, 1.54) is 0 Å². The number of aliphatic hydroxyl groups is 2. The molecule has 41 heavy (non-hydrogen) atoms. The molecule has 3 aromatic rings. The zero-order chi connectivity index (χ0) is 30.5. The van der Waals surface area contributed by atoms with Crippen molar-refractivity contribution in [3.05, 3.63) is 38.9 Å². The van der Waals surface area contributed by atoms with E-state index in [0.717, 1.165) is 0 Å². The fourth-order valence-electron chi connectivity index (χ4n) is 5.33. The number of rotatable bonds is 9. The number of aromatic nitrogens is 4. The summed E-state index contributed by atoms with van der Waals surface area (Å²) in [7, 11) is 0. The van der Waals surface area contributed by atoms with Crippen LogP contribution in [0.1, 0.15) is 68.2 Å². The summed E-state index contributed by atoms with van der Waals surface area (Å²) in [4.78, 5) is 24.9. The molecule has 1 aliphatic rings. The second-order valence-electron chi connectivity index (χ2n) is 13.5. The first-order valence-corrected chi connectivity index (χ1v) is 14.6. The van der Waals surface area contributed by atoms with E-state index in [9.17, 15) is 15.0 Å². The zero-order valence-electron chi connectivity index (χ0n) is 25.2. The molecule has 0 radical (unpaired) electrons. The molecule has 4 rings (SSSR count). The lowest BCUT2D eigenvalue weighted by Gasteiger charge is -2.47. The Balaban J connectivity index is 1.74. The predicted molar refractivity (Wildman–Crippen MR) is 165 cm³/mol. The van der Waals surface area contributed by atoms with Crippen LogP contribution in [0.2, 0.25) is 10.0 Å². The Morgan fingerprint density at radius 3 is 2.07 bits per heavy atom. The van der Waals surface area contributed by atoms with Crippen LogP contribution in [0.25, 0.3) is 11.0 Å². The minimum absolute atomic E-state index is 0.257. The number of anilines is 3. The van der Waals surface area contributed by atoms with Gasteiger partial charge >= 0.3 is 5.69 Å². The molecule has 1 aromatic carbocycles. The first-order chi connectivity index (χ1) is 18.7. The molecule has 0 aliphatic carbocycles. The molecular formula is C29H42Cl2N6O4. The van der Waals surface area contributed by atoms with Crippen molar-refractivity contribution in [2.75, 3.05) is 23.3 Å². The zero-order valence-corrected chi connectivity index (χ0v) is 26.7. The Morgan fingerprint density at radius 1 is 0.951 bits per heavy atom. The van der Waals surface area contributed by atoms with E-state index < -0.39 is 11.2 Å². The van der Waals surface area contributed by atoms with Gasteiger partial charge in [-0.3, -0.25) is 9.13 Å². The Hall–Kier alpha value is -2.37. The average Bonchev–Trinajstić information content (AvgIpc) is 3.05. The van der Waals surface area contributed by atoms with Crippen molar-refractivity contribution in [3.8, 4) is 0 Å². The molecule has 3 N–H and O–H groups in total. The largest absolute Gasteiger partial charge is 0.390 e. The normalized spacial score (nSPS) is 17.3. The van der Waals surface area contributed by atoms with E-state index >= 15 is 0 Å². The number of hydrogen-bond acceptors (Lipinski definition) is 8. The topological polar surface area (TPSA) is 118 Å². The van der Waals surface area contributed by atoms with Gasteiger partial charge in [-0.2, -0.15) is 4.98 Å². The predicted octanol–water partition coefficient (Wildman–Crippen LogP) is 5.36. The van der Waals surface area contributed by atoms with Crippen LogP contribution in [-0.2, 0) is 17.8 Å². The number of morpholine rings is 1. The highest BCUT2D eigenvalue weighted by Gasteiger charge is 2.39. The van der Waals surface area contributed by atoms with Crippen LogP contribution in [0.5, 0.6) is 0 Å². The van der Waals surface area contributed by atoms with Gasteiger partial charge < -0.3 is 25.2 Å². The van der Waals surface area contributed by atoms with Gasteiger partial charge in [0.05, 0.1) is 44.7 Å². The van der Waals surface area contributed by atoms with Crippen molar-refractivity contribution < 1.29 is 14.9 Å². The summed E-state index contributed by atoms with van der Waals surface area (Å²) >= 11 is 13.3. The quantitative estimate of drug-likeness (QED) is 0.297. The molecule has 12 heteroatoms. The fourth-order valence-corrected chi connectivity index (χ4v) is 5.79. The van der Waals surface area contributed by atoms with Gasteiger partial charge in [-0.25, -0.2) is 9.78 Å². The summed E-state index contributed by atoms with van der Waals surface area (Å²) in [6.45, 7) is 16.8. The molecule has 1 aliphatic heterocycles. The van der Waals surface area contributed by atoms with Gasteiger partial charge in [-0.15, -0.1) is 0 Å². The maximum Gasteiger partial charge on any atom is 0.329 e. The number of halogens is 2. The van der Waals surface area contributed by atoms with E-state index in [4.69, 9.17) is 32.9 Å². The monoisotopic (exact) mass is 608 g/mol. The summed E-state index contributed by atoms with van der Waals surface area (Å²) in [6, 6.07) is 3.55. The molecule has 2 aromatic heterocycles. The van der Waals surface area contributed by atoms with Gasteiger partial charge in [0.2, 0.25) is 5.95 Å².